The highest BCUT2D eigenvalue weighted by atomic mass is 15.1. The molecule has 1 aromatic rings. The van der Waals surface area contributed by atoms with Crippen LogP contribution in [0, 0.1) is 5.41 Å². The first-order valence-corrected chi connectivity index (χ1v) is 7.73. The molecule has 0 aromatic carbocycles. The lowest BCUT2D eigenvalue weighted by molar-refractivity contribution is 0.358. The Bertz CT molecular complexity index is 528. The zero-order valence-corrected chi connectivity index (χ0v) is 11.8. The summed E-state index contributed by atoms with van der Waals surface area (Å²) in [5, 5.41) is 3.52. The van der Waals surface area contributed by atoms with Gasteiger partial charge in [-0.05, 0) is 49.7 Å². The number of rotatable bonds is 1. The highest BCUT2D eigenvalue weighted by Gasteiger charge is 2.38. The fourth-order valence-electron chi connectivity index (χ4n) is 4.28. The van der Waals surface area contributed by atoms with Gasteiger partial charge in [-0.1, -0.05) is 6.92 Å². The molecule has 4 rings (SSSR count). The van der Waals surface area contributed by atoms with E-state index in [1.54, 1.807) is 11.3 Å². The standard InChI is InChI=1S/C16H23N3/c1-16(15-17-8-9-18-15)7-5-12-3-2-4-13-6-10-19(11-16)14(12)13/h6,10,12H,2-5,7-9,11H2,1H3,(H,17,18). The molecule has 102 valence electrons. The number of hydrogen-bond acceptors (Lipinski definition) is 2. The molecule has 0 radical (unpaired) electrons. The zero-order valence-electron chi connectivity index (χ0n) is 11.8. The molecule has 2 atom stereocenters. The molecule has 3 heteroatoms. The van der Waals surface area contributed by atoms with Crippen molar-refractivity contribution in [2.75, 3.05) is 13.1 Å². The van der Waals surface area contributed by atoms with Gasteiger partial charge in [0.25, 0.3) is 0 Å². The number of aromatic nitrogens is 1. The molecule has 19 heavy (non-hydrogen) atoms. The van der Waals surface area contributed by atoms with E-state index in [1.807, 2.05) is 0 Å². The first-order chi connectivity index (χ1) is 9.26. The summed E-state index contributed by atoms with van der Waals surface area (Å²) >= 11 is 0. The minimum absolute atomic E-state index is 0.209. The van der Waals surface area contributed by atoms with Gasteiger partial charge in [0, 0.05) is 30.4 Å². The third-order valence-electron chi connectivity index (χ3n) is 5.29. The molecule has 3 aliphatic rings. The third-order valence-corrected chi connectivity index (χ3v) is 5.29. The van der Waals surface area contributed by atoms with E-state index in [0.717, 1.165) is 25.6 Å². The van der Waals surface area contributed by atoms with Crippen LogP contribution in [0.2, 0.25) is 0 Å². The molecule has 3 heterocycles. The highest BCUT2D eigenvalue weighted by molar-refractivity contribution is 5.89. The average Bonchev–Trinajstić information content (AvgIpc) is 3.04. The monoisotopic (exact) mass is 257 g/mol. The van der Waals surface area contributed by atoms with Gasteiger partial charge in [-0.2, -0.15) is 0 Å². The molecule has 2 unspecified atom stereocenters. The molecular formula is C16H23N3. The highest BCUT2D eigenvalue weighted by Crippen LogP contribution is 2.43. The lowest BCUT2D eigenvalue weighted by Crippen LogP contribution is -2.39. The average molecular weight is 257 g/mol. The van der Waals surface area contributed by atoms with Gasteiger partial charge in [-0.15, -0.1) is 0 Å². The molecular weight excluding hydrogens is 234 g/mol. The summed E-state index contributed by atoms with van der Waals surface area (Å²) in [7, 11) is 0. The van der Waals surface area contributed by atoms with E-state index >= 15 is 0 Å². The molecule has 0 saturated heterocycles. The van der Waals surface area contributed by atoms with E-state index in [9.17, 15) is 0 Å². The van der Waals surface area contributed by atoms with E-state index in [0.29, 0.717) is 0 Å². The van der Waals surface area contributed by atoms with Crippen LogP contribution in [0.1, 0.15) is 49.8 Å². The number of nitrogens with zero attached hydrogens (tertiary/aromatic N) is 2. The van der Waals surface area contributed by atoms with Crippen molar-refractivity contribution in [3.63, 3.8) is 0 Å². The van der Waals surface area contributed by atoms with Gasteiger partial charge in [0.05, 0.1) is 6.54 Å². The number of aryl methyl sites for hydroxylation is 1. The summed E-state index contributed by atoms with van der Waals surface area (Å²) in [6.45, 7) is 5.48. The van der Waals surface area contributed by atoms with Gasteiger partial charge in [0.2, 0.25) is 0 Å². The zero-order chi connectivity index (χ0) is 12.9. The molecule has 2 aliphatic heterocycles. The predicted molar refractivity (Wildman–Crippen MR) is 77.8 cm³/mol. The van der Waals surface area contributed by atoms with E-state index in [-0.39, 0.29) is 5.41 Å². The van der Waals surface area contributed by atoms with Gasteiger partial charge < -0.3 is 9.88 Å². The third kappa shape index (κ3) is 1.74. The molecule has 1 aromatic heterocycles. The van der Waals surface area contributed by atoms with E-state index in [4.69, 9.17) is 4.99 Å². The van der Waals surface area contributed by atoms with Crippen molar-refractivity contribution in [1.82, 2.24) is 9.88 Å². The van der Waals surface area contributed by atoms with E-state index < -0.39 is 0 Å². The first-order valence-electron chi connectivity index (χ1n) is 7.73. The molecule has 0 spiro atoms. The first kappa shape index (κ1) is 11.6. The van der Waals surface area contributed by atoms with Crippen molar-refractivity contribution in [3.8, 4) is 0 Å². The second-order valence-corrected chi connectivity index (χ2v) is 6.70. The van der Waals surface area contributed by atoms with Crippen LogP contribution in [0.3, 0.4) is 0 Å². The minimum Gasteiger partial charge on any atom is -0.371 e. The summed E-state index contributed by atoms with van der Waals surface area (Å²) in [4.78, 5) is 4.71. The fourth-order valence-corrected chi connectivity index (χ4v) is 4.28. The Labute approximate surface area is 115 Å². The summed E-state index contributed by atoms with van der Waals surface area (Å²) in [6.07, 6.45) is 8.96. The van der Waals surface area contributed by atoms with Crippen molar-refractivity contribution in [2.45, 2.75) is 51.5 Å². The van der Waals surface area contributed by atoms with E-state index in [2.05, 4.69) is 29.1 Å². The quantitative estimate of drug-likeness (QED) is 0.823. The smallest absolute Gasteiger partial charge is 0.104 e. The number of hydrogen-bond donors (Lipinski definition) is 1. The van der Waals surface area contributed by atoms with Crippen LogP contribution >= 0.6 is 0 Å². The Morgan fingerprint density at radius 3 is 3.21 bits per heavy atom. The van der Waals surface area contributed by atoms with Crippen molar-refractivity contribution in [1.29, 1.82) is 0 Å². The van der Waals surface area contributed by atoms with Gasteiger partial charge >= 0.3 is 0 Å². The maximum Gasteiger partial charge on any atom is 0.104 e. The summed E-state index contributed by atoms with van der Waals surface area (Å²) in [5.41, 5.74) is 3.47. The Balaban J connectivity index is 1.73. The second kappa shape index (κ2) is 4.12. The van der Waals surface area contributed by atoms with Gasteiger partial charge in [-0.3, -0.25) is 4.99 Å². The van der Waals surface area contributed by atoms with Crippen LogP contribution < -0.4 is 5.32 Å². The number of amidine groups is 1. The maximum atomic E-state index is 4.71. The van der Waals surface area contributed by atoms with Crippen LogP contribution in [0.5, 0.6) is 0 Å². The normalized spacial score (nSPS) is 33.3. The molecule has 0 fully saturated rings. The Hall–Kier alpha value is -1.25. The van der Waals surface area contributed by atoms with Crippen LogP contribution in [-0.4, -0.2) is 23.5 Å². The summed E-state index contributed by atoms with van der Waals surface area (Å²) < 4.78 is 2.54. The fraction of sp³-hybridized carbons (Fsp3) is 0.688. The number of aliphatic imine (C=N–C) groups is 1. The lowest BCUT2D eigenvalue weighted by atomic mass is 9.79. The molecule has 3 nitrogen and oxygen atoms in total. The Morgan fingerprint density at radius 1 is 1.42 bits per heavy atom. The van der Waals surface area contributed by atoms with Crippen LogP contribution in [0.4, 0.5) is 0 Å². The topological polar surface area (TPSA) is 29.3 Å². The van der Waals surface area contributed by atoms with Crippen LogP contribution in [-0.2, 0) is 13.0 Å². The maximum absolute atomic E-state index is 4.71. The summed E-state index contributed by atoms with van der Waals surface area (Å²) in [5.74, 6) is 2.05. The molecule has 1 N–H and O–H groups in total. The molecule has 1 aliphatic carbocycles. The Kier molecular flexibility index (Phi) is 2.51. The van der Waals surface area contributed by atoms with Crippen LogP contribution in [0.15, 0.2) is 17.3 Å². The van der Waals surface area contributed by atoms with E-state index in [1.165, 1.54) is 37.9 Å². The second-order valence-electron chi connectivity index (χ2n) is 6.70. The van der Waals surface area contributed by atoms with Gasteiger partial charge in [0.1, 0.15) is 5.84 Å². The van der Waals surface area contributed by atoms with Crippen molar-refractivity contribution < 1.29 is 0 Å². The van der Waals surface area contributed by atoms with Crippen LogP contribution in [0.25, 0.3) is 0 Å². The van der Waals surface area contributed by atoms with Crippen molar-refractivity contribution in [2.24, 2.45) is 10.4 Å². The SMILES string of the molecule is CC1(C2=NCCN2)CCC2CCCc3ccn(c32)C1. The van der Waals surface area contributed by atoms with Crippen molar-refractivity contribution in [3.05, 3.63) is 23.5 Å². The molecule has 0 bridgehead atoms. The predicted octanol–water partition coefficient (Wildman–Crippen LogP) is 2.71. The van der Waals surface area contributed by atoms with Crippen molar-refractivity contribution >= 4 is 5.84 Å². The molecule has 0 amide bonds. The van der Waals surface area contributed by atoms with Gasteiger partial charge in [0.15, 0.2) is 0 Å². The minimum atomic E-state index is 0.209. The largest absolute Gasteiger partial charge is 0.371 e. The molecule has 0 saturated carbocycles. The number of nitrogens with one attached hydrogen (secondary N) is 1. The summed E-state index contributed by atoms with van der Waals surface area (Å²) in [6, 6.07) is 2.36. The lowest BCUT2D eigenvalue weighted by Gasteiger charge is -2.29. The Morgan fingerprint density at radius 2 is 2.37 bits per heavy atom. The van der Waals surface area contributed by atoms with Gasteiger partial charge in [-0.25, -0.2) is 0 Å².